The van der Waals surface area contributed by atoms with Gasteiger partial charge in [-0.1, -0.05) is 47.8 Å². The maximum Gasteiger partial charge on any atom is 0.323 e. The van der Waals surface area contributed by atoms with Crippen molar-refractivity contribution in [3.8, 4) is 28.1 Å². The summed E-state index contributed by atoms with van der Waals surface area (Å²) in [6, 6.07) is 13.9. The molecule has 47 heavy (non-hydrogen) atoms. The molecule has 3 N–H and O–H groups in total. The van der Waals surface area contributed by atoms with Gasteiger partial charge >= 0.3 is 6.03 Å². The van der Waals surface area contributed by atoms with Gasteiger partial charge in [-0.15, -0.1) is 0 Å². The lowest BCUT2D eigenvalue weighted by atomic mass is 9.99. The van der Waals surface area contributed by atoms with Crippen LogP contribution < -0.4 is 26.2 Å². The summed E-state index contributed by atoms with van der Waals surface area (Å²) in [7, 11) is 0. The first kappa shape index (κ1) is 33.9. The highest BCUT2D eigenvalue weighted by molar-refractivity contribution is 6.39. The summed E-state index contributed by atoms with van der Waals surface area (Å²) in [4.78, 5) is 45.4. The Morgan fingerprint density at radius 1 is 0.915 bits per heavy atom. The third-order valence-electron chi connectivity index (χ3n) is 7.75. The number of ether oxygens (including phenoxy) is 1. The van der Waals surface area contributed by atoms with E-state index in [-0.39, 0.29) is 33.9 Å². The molecule has 3 heterocycles. The second kappa shape index (κ2) is 15.9. The maximum atomic E-state index is 13.2. The highest BCUT2D eigenvalue weighted by Gasteiger charge is 2.17. The first-order valence-corrected chi connectivity index (χ1v) is 16.4. The molecule has 1 aliphatic heterocycles. The van der Waals surface area contributed by atoms with Gasteiger partial charge in [-0.25, -0.2) is 9.48 Å². The topological polar surface area (TPSA) is 130 Å². The molecule has 4 aromatic rings. The standard InChI is InChI=1S/C34H37Cl2N7O4/c1-3-43-33(45)30(39-34(46)40-31-27(35)20-37-21-28(31)36)19-29(41-43)23-10-8-9-22(15-23)24-16-25(18-26(17-24)47-4-2)32(44)38-11-14-42-12-6-5-7-13-42/h8-10,15-21H,3-7,11-14H2,1-2H3,(H,38,44)(H2,37,39,40,46). The minimum Gasteiger partial charge on any atom is -0.494 e. The fourth-order valence-electron chi connectivity index (χ4n) is 5.40. The summed E-state index contributed by atoms with van der Waals surface area (Å²) < 4.78 is 7.09. The van der Waals surface area contributed by atoms with E-state index in [1.807, 2.05) is 43.3 Å². The zero-order valence-corrected chi connectivity index (χ0v) is 27.8. The van der Waals surface area contributed by atoms with E-state index in [1.54, 1.807) is 13.0 Å². The number of carbonyl (C=O) groups is 2. The Balaban J connectivity index is 1.40. The van der Waals surface area contributed by atoms with Crippen LogP contribution in [-0.4, -0.2) is 64.4 Å². The van der Waals surface area contributed by atoms with E-state index in [0.717, 1.165) is 30.8 Å². The molecule has 246 valence electrons. The van der Waals surface area contributed by atoms with E-state index in [1.165, 1.54) is 42.4 Å². The molecular formula is C34H37Cl2N7O4. The Bertz CT molecular complexity index is 1790. The molecule has 0 aliphatic carbocycles. The first-order chi connectivity index (χ1) is 22.7. The SMILES string of the molecule is CCOc1cc(C(=O)NCCN2CCCCC2)cc(-c2cccc(-c3cc(NC(=O)Nc4c(Cl)cncc4Cl)c(=O)n(CC)n3)c2)c1. The number of likely N-dealkylation sites (tertiary alicyclic amines) is 1. The molecule has 11 nitrogen and oxygen atoms in total. The normalized spacial score (nSPS) is 13.2. The van der Waals surface area contributed by atoms with Crippen molar-refractivity contribution in [3.05, 3.63) is 86.9 Å². The van der Waals surface area contributed by atoms with Gasteiger partial charge in [0.05, 0.1) is 28.0 Å². The van der Waals surface area contributed by atoms with Crippen LogP contribution in [-0.2, 0) is 6.54 Å². The van der Waals surface area contributed by atoms with E-state index in [2.05, 4.69) is 30.9 Å². The number of halogens is 2. The van der Waals surface area contributed by atoms with Gasteiger partial charge in [-0.05, 0) is 81.2 Å². The Morgan fingerprint density at radius 3 is 2.38 bits per heavy atom. The van der Waals surface area contributed by atoms with Crippen LogP contribution in [0.2, 0.25) is 10.0 Å². The van der Waals surface area contributed by atoms with Crippen LogP contribution in [0.5, 0.6) is 5.75 Å². The first-order valence-electron chi connectivity index (χ1n) is 15.6. The minimum absolute atomic E-state index is 0.0166. The van der Waals surface area contributed by atoms with Crippen LogP contribution in [0.15, 0.2) is 65.7 Å². The number of nitrogens with one attached hydrogen (secondary N) is 3. The molecule has 0 radical (unpaired) electrons. The van der Waals surface area contributed by atoms with E-state index in [0.29, 0.717) is 35.7 Å². The number of nitrogens with zero attached hydrogens (tertiary/aromatic N) is 4. The summed E-state index contributed by atoms with van der Waals surface area (Å²) in [6.45, 7) is 7.93. The molecule has 1 saturated heterocycles. The van der Waals surface area contributed by atoms with Crippen molar-refractivity contribution in [2.75, 3.05) is 43.4 Å². The van der Waals surface area contributed by atoms with E-state index >= 15 is 0 Å². The molecule has 5 rings (SSSR count). The average Bonchev–Trinajstić information content (AvgIpc) is 3.08. The monoisotopic (exact) mass is 677 g/mol. The molecule has 1 fully saturated rings. The molecule has 1 aliphatic rings. The molecule has 2 aromatic heterocycles. The maximum absolute atomic E-state index is 13.2. The number of hydrogen-bond acceptors (Lipinski definition) is 7. The van der Waals surface area contributed by atoms with Gasteiger partial charge < -0.3 is 25.6 Å². The number of rotatable bonds is 11. The molecule has 0 unspecified atom stereocenters. The smallest absolute Gasteiger partial charge is 0.323 e. The summed E-state index contributed by atoms with van der Waals surface area (Å²) in [6.07, 6.45) is 6.36. The predicted octanol–water partition coefficient (Wildman–Crippen LogP) is 6.56. The minimum atomic E-state index is -0.708. The fraction of sp³-hybridized carbons (Fsp3) is 0.324. The summed E-state index contributed by atoms with van der Waals surface area (Å²) >= 11 is 12.3. The van der Waals surface area contributed by atoms with Crippen molar-refractivity contribution >= 4 is 46.5 Å². The Kier molecular flexibility index (Phi) is 11.5. The number of benzene rings is 2. The lowest BCUT2D eigenvalue weighted by Gasteiger charge is -2.26. The molecule has 0 bridgehead atoms. The number of hydrogen-bond donors (Lipinski definition) is 3. The number of aryl methyl sites for hydroxylation is 1. The van der Waals surface area contributed by atoms with Gasteiger partial charge in [0.2, 0.25) is 0 Å². The zero-order valence-electron chi connectivity index (χ0n) is 26.3. The Hall–Kier alpha value is -4.45. The summed E-state index contributed by atoms with van der Waals surface area (Å²) in [5, 5.41) is 13.1. The summed E-state index contributed by atoms with van der Waals surface area (Å²) in [5.41, 5.74) is 2.96. The molecule has 0 atom stereocenters. The molecule has 0 saturated carbocycles. The number of carbonyl (C=O) groups excluding carboxylic acids is 2. The number of piperidine rings is 1. The predicted molar refractivity (Wildman–Crippen MR) is 186 cm³/mol. The molecular weight excluding hydrogens is 641 g/mol. The van der Waals surface area contributed by atoms with Crippen LogP contribution in [0.4, 0.5) is 16.2 Å². The highest BCUT2D eigenvalue weighted by Crippen LogP contribution is 2.31. The van der Waals surface area contributed by atoms with Gasteiger partial charge in [0, 0.05) is 43.2 Å². The van der Waals surface area contributed by atoms with E-state index in [4.69, 9.17) is 27.9 Å². The third kappa shape index (κ3) is 8.68. The van der Waals surface area contributed by atoms with Crippen LogP contribution in [0.3, 0.4) is 0 Å². The van der Waals surface area contributed by atoms with Crippen LogP contribution >= 0.6 is 23.2 Å². The van der Waals surface area contributed by atoms with Gasteiger partial charge in [0.15, 0.2) is 0 Å². The van der Waals surface area contributed by atoms with Crippen molar-refractivity contribution in [1.82, 2.24) is 25.0 Å². The molecule has 2 aromatic carbocycles. The van der Waals surface area contributed by atoms with Crippen LogP contribution in [0.1, 0.15) is 43.5 Å². The molecule has 0 spiro atoms. The van der Waals surface area contributed by atoms with Crippen molar-refractivity contribution in [2.24, 2.45) is 0 Å². The lowest BCUT2D eigenvalue weighted by Crippen LogP contribution is -2.37. The van der Waals surface area contributed by atoms with E-state index in [9.17, 15) is 14.4 Å². The van der Waals surface area contributed by atoms with Crippen LogP contribution in [0.25, 0.3) is 22.4 Å². The van der Waals surface area contributed by atoms with Crippen molar-refractivity contribution in [1.29, 1.82) is 0 Å². The number of amides is 3. The highest BCUT2D eigenvalue weighted by atomic mass is 35.5. The fourth-order valence-corrected chi connectivity index (χ4v) is 5.86. The summed E-state index contributed by atoms with van der Waals surface area (Å²) in [5.74, 6) is 0.419. The number of anilines is 2. The van der Waals surface area contributed by atoms with Crippen molar-refractivity contribution in [3.63, 3.8) is 0 Å². The zero-order chi connectivity index (χ0) is 33.3. The van der Waals surface area contributed by atoms with Gasteiger partial charge in [0.25, 0.3) is 11.5 Å². The largest absolute Gasteiger partial charge is 0.494 e. The second-order valence-corrected chi connectivity index (χ2v) is 11.9. The quantitative estimate of drug-likeness (QED) is 0.164. The number of pyridine rings is 1. The van der Waals surface area contributed by atoms with Crippen molar-refractivity contribution < 1.29 is 14.3 Å². The lowest BCUT2D eigenvalue weighted by molar-refractivity contribution is 0.0946. The van der Waals surface area contributed by atoms with Crippen LogP contribution in [0, 0.1) is 0 Å². The van der Waals surface area contributed by atoms with Gasteiger partial charge in [0.1, 0.15) is 11.4 Å². The van der Waals surface area contributed by atoms with E-state index < -0.39 is 11.6 Å². The Labute approximate surface area is 283 Å². The third-order valence-corrected chi connectivity index (χ3v) is 8.32. The molecule has 13 heteroatoms. The van der Waals surface area contributed by atoms with Gasteiger partial charge in [-0.3, -0.25) is 14.6 Å². The number of urea groups is 1. The number of aromatic nitrogens is 3. The average molecular weight is 679 g/mol. The molecule has 3 amide bonds. The van der Waals surface area contributed by atoms with Gasteiger partial charge in [-0.2, -0.15) is 5.10 Å². The second-order valence-electron chi connectivity index (χ2n) is 11.0. The van der Waals surface area contributed by atoms with Crippen molar-refractivity contribution in [2.45, 2.75) is 39.7 Å². The Morgan fingerprint density at radius 2 is 1.66 bits per heavy atom.